The van der Waals surface area contributed by atoms with E-state index in [1.54, 1.807) is 21.6 Å². The lowest BCUT2D eigenvalue weighted by molar-refractivity contribution is 0.166. The van der Waals surface area contributed by atoms with Crippen molar-refractivity contribution in [2.45, 2.75) is 19.1 Å². The van der Waals surface area contributed by atoms with Gasteiger partial charge in [-0.1, -0.05) is 12.1 Å². The van der Waals surface area contributed by atoms with Gasteiger partial charge in [0.05, 0.1) is 36.1 Å². The van der Waals surface area contributed by atoms with Gasteiger partial charge >= 0.3 is 0 Å². The Labute approximate surface area is 192 Å². The number of imidazole rings is 1. The van der Waals surface area contributed by atoms with Gasteiger partial charge in [0, 0.05) is 31.9 Å². The highest BCUT2D eigenvalue weighted by Crippen LogP contribution is 2.39. The van der Waals surface area contributed by atoms with E-state index in [0.717, 1.165) is 35.7 Å². The second-order valence-corrected chi connectivity index (χ2v) is 8.86. The Hall–Kier alpha value is -3.43. The number of para-hydroxylation sites is 2. The Morgan fingerprint density at radius 3 is 2.61 bits per heavy atom. The molecule has 2 aliphatic heterocycles. The van der Waals surface area contributed by atoms with Crippen LogP contribution >= 0.6 is 0 Å². The Morgan fingerprint density at radius 2 is 1.82 bits per heavy atom. The summed E-state index contributed by atoms with van der Waals surface area (Å²) in [7, 11) is 1.88. The summed E-state index contributed by atoms with van der Waals surface area (Å²) >= 11 is 0. The molecular formula is C24H28N8O. The normalized spacial score (nSPS) is 17.3. The van der Waals surface area contributed by atoms with Gasteiger partial charge in [0.25, 0.3) is 0 Å². The fourth-order valence-electron chi connectivity index (χ4n) is 4.91. The van der Waals surface area contributed by atoms with Gasteiger partial charge in [0.2, 0.25) is 0 Å². The summed E-state index contributed by atoms with van der Waals surface area (Å²) in [5.74, 6) is 0. The van der Waals surface area contributed by atoms with E-state index >= 15 is 0 Å². The molecule has 3 aromatic heterocycles. The first-order valence-electron chi connectivity index (χ1n) is 11.5. The Balaban J connectivity index is 1.29. The minimum atomic E-state index is -0.866. The lowest BCUT2D eigenvalue weighted by Crippen LogP contribution is -2.38. The van der Waals surface area contributed by atoms with E-state index in [1.165, 1.54) is 25.9 Å². The highest BCUT2D eigenvalue weighted by molar-refractivity contribution is 5.76. The zero-order valence-electron chi connectivity index (χ0n) is 18.7. The fourth-order valence-corrected chi connectivity index (χ4v) is 4.91. The van der Waals surface area contributed by atoms with E-state index < -0.39 is 6.23 Å². The van der Waals surface area contributed by atoms with E-state index in [2.05, 4.69) is 38.1 Å². The number of hydrogen-bond acceptors (Lipinski definition) is 7. The standard InChI is InChI=1S/C24H28N8O/c1-28-16-18(14-26-28)19-8-9-23-25-15-22(32(23)27-19)24(33)31-17-30(13-12-29-10-4-5-11-29)20-6-2-3-7-21(20)31/h2-3,6-9,14-16,24,33H,4-5,10-13,17H2,1H3. The average Bonchev–Trinajstić information content (AvgIpc) is 3.63. The van der Waals surface area contributed by atoms with Crippen molar-refractivity contribution in [2.24, 2.45) is 7.05 Å². The number of anilines is 2. The van der Waals surface area contributed by atoms with Crippen LogP contribution in [0.1, 0.15) is 24.8 Å². The van der Waals surface area contributed by atoms with Crippen LogP contribution in [-0.4, -0.2) is 67.2 Å². The Morgan fingerprint density at radius 1 is 1.00 bits per heavy atom. The first-order valence-corrected chi connectivity index (χ1v) is 11.5. The van der Waals surface area contributed by atoms with Crippen molar-refractivity contribution in [2.75, 3.05) is 42.6 Å². The maximum atomic E-state index is 11.5. The van der Waals surface area contributed by atoms with Crippen molar-refractivity contribution >= 4 is 17.0 Å². The van der Waals surface area contributed by atoms with Crippen molar-refractivity contribution in [1.82, 2.24) is 29.3 Å². The highest BCUT2D eigenvalue weighted by Gasteiger charge is 2.32. The smallest absolute Gasteiger partial charge is 0.173 e. The number of aromatic nitrogens is 5. The molecule has 9 nitrogen and oxygen atoms in total. The summed E-state index contributed by atoms with van der Waals surface area (Å²) < 4.78 is 3.49. The van der Waals surface area contributed by atoms with Crippen molar-refractivity contribution in [3.8, 4) is 11.3 Å². The third-order valence-electron chi connectivity index (χ3n) is 6.69. The van der Waals surface area contributed by atoms with E-state index in [1.807, 2.05) is 36.3 Å². The molecule has 0 spiro atoms. The van der Waals surface area contributed by atoms with Crippen LogP contribution in [0.5, 0.6) is 0 Å². The van der Waals surface area contributed by atoms with E-state index in [0.29, 0.717) is 18.0 Å². The molecule has 0 aliphatic carbocycles. The van der Waals surface area contributed by atoms with Crippen LogP contribution in [-0.2, 0) is 7.05 Å². The van der Waals surface area contributed by atoms with Crippen molar-refractivity contribution < 1.29 is 5.11 Å². The van der Waals surface area contributed by atoms with E-state index in [-0.39, 0.29) is 0 Å². The molecule has 0 radical (unpaired) electrons. The first kappa shape index (κ1) is 20.2. The quantitative estimate of drug-likeness (QED) is 0.490. The minimum Gasteiger partial charge on any atom is -0.368 e. The molecule has 1 N–H and O–H groups in total. The van der Waals surface area contributed by atoms with Crippen molar-refractivity contribution in [1.29, 1.82) is 0 Å². The molecule has 0 amide bonds. The van der Waals surface area contributed by atoms with Crippen LogP contribution < -0.4 is 9.80 Å². The lowest BCUT2D eigenvalue weighted by atomic mass is 10.2. The predicted octanol–water partition coefficient (Wildman–Crippen LogP) is 2.50. The predicted molar refractivity (Wildman–Crippen MR) is 127 cm³/mol. The second kappa shape index (κ2) is 8.17. The zero-order valence-corrected chi connectivity index (χ0v) is 18.7. The van der Waals surface area contributed by atoms with Gasteiger partial charge in [-0.05, 0) is 50.2 Å². The average molecular weight is 445 g/mol. The number of likely N-dealkylation sites (tertiary alicyclic amines) is 1. The molecule has 33 heavy (non-hydrogen) atoms. The summed E-state index contributed by atoms with van der Waals surface area (Å²) in [6.45, 7) is 4.99. The van der Waals surface area contributed by atoms with Crippen molar-refractivity contribution in [3.05, 3.63) is 60.7 Å². The van der Waals surface area contributed by atoms with Gasteiger partial charge in [0.15, 0.2) is 11.9 Å². The number of hydrogen-bond donors (Lipinski definition) is 1. The van der Waals surface area contributed by atoms with Crippen LogP contribution in [0.15, 0.2) is 55.0 Å². The summed E-state index contributed by atoms with van der Waals surface area (Å²) in [6.07, 6.45) is 7.16. The Kier molecular flexibility index (Phi) is 5.00. The van der Waals surface area contributed by atoms with Gasteiger partial charge in [-0.2, -0.15) is 10.2 Å². The zero-order chi connectivity index (χ0) is 22.4. The SMILES string of the molecule is Cn1cc(-c2ccc3ncc(C(O)N4CN(CCN5CCCC5)c5ccccc54)n3n2)cn1. The number of rotatable bonds is 6. The van der Waals surface area contributed by atoms with Crippen LogP contribution in [0, 0.1) is 0 Å². The molecular weight excluding hydrogens is 416 g/mol. The molecule has 1 aromatic carbocycles. The number of aliphatic hydroxyl groups is 1. The third-order valence-corrected chi connectivity index (χ3v) is 6.69. The maximum Gasteiger partial charge on any atom is 0.173 e. The molecule has 4 aromatic rings. The number of aryl methyl sites for hydroxylation is 1. The molecule has 1 fully saturated rings. The Bertz CT molecular complexity index is 1270. The number of fused-ring (bicyclic) bond motifs is 2. The maximum absolute atomic E-state index is 11.5. The lowest BCUT2D eigenvalue weighted by Gasteiger charge is -2.27. The number of benzene rings is 1. The molecule has 1 atom stereocenters. The van der Waals surface area contributed by atoms with Gasteiger partial charge in [-0.3, -0.25) is 4.68 Å². The topological polar surface area (TPSA) is 78.0 Å². The van der Waals surface area contributed by atoms with Gasteiger partial charge < -0.3 is 19.8 Å². The molecule has 6 rings (SSSR count). The number of aliphatic hydroxyl groups excluding tert-OH is 1. The van der Waals surface area contributed by atoms with Gasteiger partial charge in [-0.15, -0.1) is 0 Å². The van der Waals surface area contributed by atoms with Gasteiger partial charge in [-0.25, -0.2) is 9.50 Å². The summed E-state index contributed by atoms with van der Waals surface area (Å²) in [5, 5.41) is 20.5. The largest absolute Gasteiger partial charge is 0.368 e. The van der Waals surface area contributed by atoms with Gasteiger partial charge in [0.1, 0.15) is 5.69 Å². The summed E-state index contributed by atoms with van der Waals surface area (Å²) in [5.41, 5.74) is 5.25. The molecule has 170 valence electrons. The monoisotopic (exact) mass is 444 g/mol. The van der Waals surface area contributed by atoms with E-state index in [9.17, 15) is 5.11 Å². The molecule has 2 aliphatic rings. The first-order chi connectivity index (χ1) is 16.2. The van der Waals surface area contributed by atoms with E-state index in [4.69, 9.17) is 5.10 Å². The molecule has 9 heteroatoms. The molecule has 1 saturated heterocycles. The second-order valence-electron chi connectivity index (χ2n) is 8.86. The minimum absolute atomic E-state index is 0.629. The van der Waals surface area contributed by atoms with Crippen molar-refractivity contribution in [3.63, 3.8) is 0 Å². The molecule has 5 heterocycles. The summed E-state index contributed by atoms with van der Waals surface area (Å²) in [6, 6.07) is 12.2. The van der Waals surface area contributed by atoms with Crippen LogP contribution in [0.3, 0.4) is 0 Å². The van der Waals surface area contributed by atoms with Crippen LogP contribution in [0.25, 0.3) is 16.9 Å². The summed E-state index contributed by atoms with van der Waals surface area (Å²) in [4.78, 5) is 11.4. The molecule has 1 unspecified atom stereocenters. The number of nitrogens with zero attached hydrogens (tertiary/aromatic N) is 8. The third kappa shape index (κ3) is 3.63. The fraction of sp³-hybridized carbons (Fsp3) is 0.375. The molecule has 0 saturated carbocycles. The molecule has 0 bridgehead atoms. The highest BCUT2D eigenvalue weighted by atomic mass is 16.3. The van der Waals surface area contributed by atoms with Crippen LogP contribution in [0.4, 0.5) is 11.4 Å². The van der Waals surface area contributed by atoms with Crippen LogP contribution in [0.2, 0.25) is 0 Å².